The van der Waals surface area contributed by atoms with Gasteiger partial charge in [0.15, 0.2) is 11.6 Å². The highest BCUT2D eigenvalue weighted by Gasteiger charge is 2.28. The van der Waals surface area contributed by atoms with Gasteiger partial charge in [-0.05, 0) is 37.3 Å². The maximum Gasteiger partial charge on any atom is 0.303 e. The molecular weight excluding hydrogens is 242 g/mol. The molecule has 0 radical (unpaired) electrons. The number of benzene rings is 1. The normalized spacial score (nSPS) is 23.0. The zero-order valence-corrected chi connectivity index (χ0v) is 9.73. The maximum atomic E-state index is 13.4. The SMILES string of the molecule is O=C(O)CC1CCC(Oc2ccc(F)cc2F)C1. The summed E-state index contributed by atoms with van der Waals surface area (Å²) in [5.74, 6) is -2.09. The number of halogens is 2. The van der Waals surface area contributed by atoms with Crippen molar-refractivity contribution in [2.75, 3.05) is 0 Å². The molecule has 1 saturated carbocycles. The zero-order chi connectivity index (χ0) is 13.1. The van der Waals surface area contributed by atoms with Crippen molar-refractivity contribution in [1.29, 1.82) is 0 Å². The third-order valence-corrected chi connectivity index (χ3v) is 3.14. The van der Waals surface area contributed by atoms with Gasteiger partial charge in [0.05, 0.1) is 6.10 Å². The summed E-state index contributed by atoms with van der Waals surface area (Å²) in [5.41, 5.74) is 0. The molecule has 0 saturated heterocycles. The highest BCUT2D eigenvalue weighted by Crippen LogP contribution is 2.32. The molecule has 1 aliphatic carbocycles. The smallest absolute Gasteiger partial charge is 0.303 e. The Hall–Kier alpha value is -1.65. The van der Waals surface area contributed by atoms with E-state index < -0.39 is 17.6 Å². The van der Waals surface area contributed by atoms with E-state index in [4.69, 9.17) is 9.84 Å². The van der Waals surface area contributed by atoms with Crippen molar-refractivity contribution in [2.45, 2.75) is 31.8 Å². The third kappa shape index (κ3) is 3.18. The minimum Gasteiger partial charge on any atom is -0.487 e. The second-order valence-corrected chi connectivity index (χ2v) is 4.59. The van der Waals surface area contributed by atoms with Crippen LogP contribution in [-0.2, 0) is 4.79 Å². The summed E-state index contributed by atoms with van der Waals surface area (Å²) in [5, 5.41) is 8.68. The van der Waals surface area contributed by atoms with Crippen LogP contribution >= 0.6 is 0 Å². The minimum absolute atomic E-state index is 0.0253. The van der Waals surface area contributed by atoms with E-state index in [1.54, 1.807) is 0 Å². The molecule has 1 aromatic carbocycles. The number of rotatable bonds is 4. The molecule has 2 rings (SSSR count). The van der Waals surface area contributed by atoms with E-state index in [-0.39, 0.29) is 24.2 Å². The van der Waals surface area contributed by atoms with Gasteiger partial charge in [0.25, 0.3) is 0 Å². The van der Waals surface area contributed by atoms with Gasteiger partial charge in [-0.25, -0.2) is 8.78 Å². The van der Waals surface area contributed by atoms with Gasteiger partial charge in [-0.3, -0.25) is 4.79 Å². The molecular formula is C13H14F2O3. The first-order valence-electron chi connectivity index (χ1n) is 5.88. The Morgan fingerprint density at radius 3 is 2.83 bits per heavy atom. The monoisotopic (exact) mass is 256 g/mol. The van der Waals surface area contributed by atoms with E-state index >= 15 is 0 Å². The Labute approximate surface area is 103 Å². The fourth-order valence-electron chi connectivity index (χ4n) is 2.32. The lowest BCUT2D eigenvalue weighted by atomic mass is 10.0. The number of hydrogen-bond donors (Lipinski definition) is 1. The quantitative estimate of drug-likeness (QED) is 0.900. The number of carboxylic acid groups (broad SMARTS) is 1. The van der Waals surface area contributed by atoms with E-state index in [9.17, 15) is 13.6 Å². The second-order valence-electron chi connectivity index (χ2n) is 4.59. The van der Waals surface area contributed by atoms with Crippen molar-refractivity contribution in [1.82, 2.24) is 0 Å². The largest absolute Gasteiger partial charge is 0.487 e. The predicted octanol–water partition coefficient (Wildman–Crippen LogP) is 2.99. The summed E-state index contributed by atoms with van der Waals surface area (Å²) in [6.07, 6.45) is 2.00. The Morgan fingerprint density at radius 1 is 1.39 bits per heavy atom. The van der Waals surface area contributed by atoms with Crippen LogP contribution in [0.25, 0.3) is 0 Å². The van der Waals surface area contributed by atoms with Crippen LogP contribution in [-0.4, -0.2) is 17.2 Å². The van der Waals surface area contributed by atoms with Gasteiger partial charge < -0.3 is 9.84 Å². The van der Waals surface area contributed by atoms with Crippen molar-refractivity contribution in [3.63, 3.8) is 0 Å². The summed E-state index contributed by atoms with van der Waals surface area (Å²) in [6.45, 7) is 0. The van der Waals surface area contributed by atoms with Crippen LogP contribution in [0.4, 0.5) is 8.78 Å². The highest BCUT2D eigenvalue weighted by molar-refractivity contribution is 5.67. The van der Waals surface area contributed by atoms with E-state index in [1.165, 1.54) is 6.07 Å². The van der Waals surface area contributed by atoms with E-state index in [0.717, 1.165) is 18.6 Å². The first-order valence-corrected chi connectivity index (χ1v) is 5.88. The lowest BCUT2D eigenvalue weighted by Gasteiger charge is -2.14. The topological polar surface area (TPSA) is 46.5 Å². The molecule has 0 bridgehead atoms. The van der Waals surface area contributed by atoms with Gasteiger partial charge in [-0.2, -0.15) is 0 Å². The minimum atomic E-state index is -0.825. The Kier molecular flexibility index (Phi) is 3.79. The first-order chi connectivity index (χ1) is 8.54. The summed E-state index contributed by atoms with van der Waals surface area (Å²) < 4.78 is 31.5. The average Bonchev–Trinajstić information content (AvgIpc) is 2.69. The Bertz CT molecular complexity index is 448. The number of aliphatic carboxylic acids is 1. The number of hydrogen-bond acceptors (Lipinski definition) is 2. The van der Waals surface area contributed by atoms with Crippen molar-refractivity contribution >= 4 is 5.97 Å². The first kappa shape index (κ1) is 12.8. The van der Waals surface area contributed by atoms with Crippen molar-refractivity contribution in [3.8, 4) is 5.75 Å². The van der Waals surface area contributed by atoms with Crippen LogP contribution in [0.1, 0.15) is 25.7 Å². The molecule has 0 amide bonds. The van der Waals surface area contributed by atoms with Crippen LogP contribution in [0.15, 0.2) is 18.2 Å². The molecule has 3 nitrogen and oxygen atoms in total. The molecule has 0 aromatic heterocycles. The standard InChI is InChI=1S/C13H14F2O3/c14-9-2-4-12(11(15)7-9)18-10-3-1-8(5-10)6-13(16)17/h2,4,7-8,10H,1,3,5-6H2,(H,16,17). The molecule has 2 unspecified atom stereocenters. The van der Waals surface area contributed by atoms with Gasteiger partial charge >= 0.3 is 5.97 Å². The molecule has 0 aliphatic heterocycles. The van der Waals surface area contributed by atoms with Gasteiger partial charge in [0.1, 0.15) is 5.82 Å². The Balaban J connectivity index is 1.93. The maximum absolute atomic E-state index is 13.4. The second kappa shape index (κ2) is 5.33. The van der Waals surface area contributed by atoms with Gasteiger partial charge in [-0.1, -0.05) is 0 Å². The van der Waals surface area contributed by atoms with Gasteiger partial charge in [0.2, 0.25) is 0 Å². The molecule has 18 heavy (non-hydrogen) atoms. The molecule has 5 heteroatoms. The van der Waals surface area contributed by atoms with E-state index in [2.05, 4.69) is 0 Å². The van der Waals surface area contributed by atoms with Crippen molar-refractivity contribution in [2.24, 2.45) is 5.92 Å². The van der Waals surface area contributed by atoms with Crippen LogP contribution in [0.3, 0.4) is 0 Å². The molecule has 0 spiro atoms. The number of carbonyl (C=O) groups is 1. The molecule has 1 aliphatic rings. The highest BCUT2D eigenvalue weighted by atomic mass is 19.1. The average molecular weight is 256 g/mol. The van der Waals surface area contributed by atoms with Gasteiger partial charge in [-0.15, -0.1) is 0 Å². The third-order valence-electron chi connectivity index (χ3n) is 3.14. The summed E-state index contributed by atoms with van der Waals surface area (Å²) in [6, 6.07) is 3.18. The van der Waals surface area contributed by atoms with Crippen LogP contribution in [0, 0.1) is 17.6 Å². The van der Waals surface area contributed by atoms with E-state index in [1.807, 2.05) is 0 Å². The summed E-state index contributed by atoms with van der Waals surface area (Å²) in [7, 11) is 0. The lowest BCUT2D eigenvalue weighted by molar-refractivity contribution is -0.138. The summed E-state index contributed by atoms with van der Waals surface area (Å²) >= 11 is 0. The van der Waals surface area contributed by atoms with Crippen molar-refractivity contribution < 1.29 is 23.4 Å². The van der Waals surface area contributed by atoms with Crippen LogP contribution in [0.5, 0.6) is 5.75 Å². The summed E-state index contributed by atoms with van der Waals surface area (Å²) in [4.78, 5) is 10.6. The molecule has 1 N–H and O–H groups in total. The molecule has 1 aromatic rings. The van der Waals surface area contributed by atoms with Crippen LogP contribution < -0.4 is 4.74 Å². The fourth-order valence-corrected chi connectivity index (χ4v) is 2.32. The number of ether oxygens (including phenoxy) is 1. The fraction of sp³-hybridized carbons (Fsp3) is 0.462. The number of carboxylic acids is 1. The van der Waals surface area contributed by atoms with Crippen molar-refractivity contribution in [3.05, 3.63) is 29.8 Å². The van der Waals surface area contributed by atoms with Crippen LogP contribution in [0.2, 0.25) is 0 Å². The molecule has 98 valence electrons. The Morgan fingerprint density at radius 2 is 2.17 bits per heavy atom. The molecule has 0 heterocycles. The van der Waals surface area contributed by atoms with E-state index in [0.29, 0.717) is 12.8 Å². The zero-order valence-electron chi connectivity index (χ0n) is 9.73. The predicted molar refractivity (Wildman–Crippen MR) is 60.4 cm³/mol. The lowest BCUT2D eigenvalue weighted by Crippen LogP contribution is -2.14. The molecule has 2 atom stereocenters. The van der Waals surface area contributed by atoms with Gasteiger partial charge in [0, 0.05) is 12.5 Å². The molecule has 1 fully saturated rings.